The van der Waals surface area contributed by atoms with Crippen molar-refractivity contribution < 1.29 is 9.53 Å². The number of benzene rings is 1. The normalized spacial score (nSPS) is 11.9. The van der Waals surface area contributed by atoms with Crippen LogP contribution in [0.5, 0.6) is 5.75 Å². The standard InChI is InChI=1S/C14H15NO2S/c1-10(13-7-4-8-18-13)15-14(16)11-5-3-6-12(9-11)17-2/h3-10H,1-2H3,(H,15,16). The molecule has 1 N–H and O–H groups in total. The molecule has 2 aromatic rings. The van der Waals surface area contributed by atoms with Gasteiger partial charge in [0.2, 0.25) is 0 Å². The first-order valence-corrected chi connectivity index (χ1v) is 6.57. The van der Waals surface area contributed by atoms with Gasteiger partial charge in [-0.3, -0.25) is 4.79 Å². The first-order valence-electron chi connectivity index (χ1n) is 5.69. The topological polar surface area (TPSA) is 38.3 Å². The molecular weight excluding hydrogens is 246 g/mol. The Morgan fingerprint density at radius 1 is 1.33 bits per heavy atom. The molecule has 0 saturated carbocycles. The highest BCUT2D eigenvalue weighted by molar-refractivity contribution is 7.10. The predicted octanol–water partition coefficient (Wildman–Crippen LogP) is 3.25. The molecule has 0 saturated heterocycles. The number of amides is 1. The lowest BCUT2D eigenvalue weighted by molar-refractivity contribution is 0.0940. The lowest BCUT2D eigenvalue weighted by atomic mass is 10.2. The summed E-state index contributed by atoms with van der Waals surface area (Å²) >= 11 is 1.64. The second-order valence-corrected chi connectivity index (χ2v) is 4.92. The summed E-state index contributed by atoms with van der Waals surface area (Å²) in [5.41, 5.74) is 0.609. The van der Waals surface area contributed by atoms with Gasteiger partial charge in [-0.2, -0.15) is 0 Å². The van der Waals surface area contributed by atoms with Gasteiger partial charge >= 0.3 is 0 Å². The monoisotopic (exact) mass is 261 g/mol. The molecule has 0 aliphatic rings. The van der Waals surface area contributed by atoms with Crippen molar-refractivity contribution in [1.82, 2.24) is 5.32 Å². The number of thiophene rings is 1. The summed E-state index contributed by atoms with van der Waals surface area (Å²) in [4.78, 5) is 13.2. The van der Waals surface area contributed by atoms with Gasteiger partial charge in [0, 0.05) is 10.4 Å². The van der Waals surface area contributed by atoms with E-state index in [0.29, 0.717) is 11.3 Å². The van der Waals surface area contributed by atoms with Crippen LogP contribution >= 0.6 is 11.3 Å². The third kappa shape index (κ3) is 2.90. The smallest absolute Gasteiger partial charge is 0.251 e. The largest absolute Gasteiger partial charge is 0.497 e. The highest BCUT2D eigenvalue weighted by atomic mass is 32.1. The molecule has 1 heterocycles. The van der Waals surface area contributed by atoms with Crippen molar-refractivity contribution in [2.24, 2.45) is 0 Å². The molecule has 0 aliphatic heterocycles. The predicted molar refractivity (Wildman–Crippen MR) is 73.2 cm³/mol. The summed E-state index contributed by atoms with van der Waals surface area (Å²) in [6.07, 6.45) is 0. The lowest BCUT2D eigenvalue weighted by Crippen LogP contribution is -2.26. The van der Waals surface area contributed by atoms with Crippen LogP contribution in [0.2, 0.25) is 0 Å². The molecule has 1 amide bonds. The summed E-state index contributed by atoms with van der Waals surface area (Å²) in [7, 11) is 1.59. The van der Waals surface area contributed by atoms with E-state index < -0.39 is 0 Å². The first kappa shape index (κ1) is 12.6. The van der Waals surface area contributed by atoms with Crippen molar-refractivity contribution >= 4 is 17.2 Å². The number of ether oxygens (including phenoxy) is 1. The molecular formula is C14H15NO2S. The van der Waals surface area contributed by atoms with Crippen molar-refractivity contribution in [2.45, 2.75) is 13.0 Å². The van der Waals surface area contributed by atoms with Crippen molar-refractivity contribution in [3.63, 3.8) is 0 Å². The zero-order valence-electron chi connectivity index (χ0n) is 10.3. The molecule has 1 atom stereocenters. The van der Waals surface area contributed by atoms with Crippen LogP contribution in [-0.2, 0) is 0 Å². The molecule has 0 spiro atoms. The summed E-state index contributed by atoms with van der Waals surface area (Å²) in [6, 6.07) is 11.2. The molecule has 1 unspecified atom stereocenters. The van der Waals surface area contributed by atoms with E-state index in [-0.39, 0.29) is 11.9 Å². The van der Waals surface area contributed by atoms with Crippen molar-refractivity contribution in [3.05, 3.63) is 52.2 Å². The van der Waals surface area contributed by atoms with Gasteiger partial charge in [0.25, 0.3) is 5.91 Å². The van der Waals surface area contributed by atoms with Gasteiger partial charge in [0.1, 0.15) is 5.75 Å². The maximum atomic E-state index is 12.1. The van der Waals surface area contributed by atoms with Crippen LogP contribution in [0.25, 0.3) is 0 Å². The fourth-order valence-corrected chi connectivity index (χ4v) is 2.39. The number of hydrogen-bond acceptors (Lipinski definition) is 3. The molecule has 18 heavy (non-hydrogen) atoms. The number of rotatable bonds is 4. The zero-order chi connectivity index (χ0) is 13.0. The molecule has 3 nitrogen and oxygen atoms in total. The number of carbonyl (C=O) groups is 1. The van der Waals surface area contributed by atoms with Crippen LogP contribution in [0.15, 0.2) is 41.8 Å². The molecule has 2 rings (SSSR count). The van der Waals surface area contributed by atoms with E-state index in [0.717, 1.165) is 4.88 Å². The average Bonchev–Trinajstić information content (AvgIpc) is 2.92. The average molecular weight is 261 g/mol. The second-order valence-electron chi connectivity index (χ2n) is 3.94. The van der Waals surface area contributed by atoms with Crippen LogP contribution in [-0.4, -0.2) is 13.0 Å². The maximum Gasteiger partial charge on any atom is 0.251 e. The van der Waals surface area contributed by atoms with Gasteiger partial charge in [-0.25, -0.2) is 0 Å². The van der Waals surface area contributed by atoms with Crippen LogP contribution in [0.4, 0.5) is 0 Å². The Morgan fingerprint density at radius 3 is 2.83 bits per heavy atom. The lowest BCUT2D eigenvalue weighted by Gasteiger charge is -2.12. The van der Waals surface area contributed by atoms with E-state index in [9.17, 15) is 4.79 Å². The minimum atomic E-state index is -0.0881. The molecule has 1 aromatic carbocycles. The molecule has 4 heteroatoms. The van der Waals surface area contributed by atoms with Gasteiger partial charge < -0.3 is 10.1 Å². The molecule has 1 aromatic heterocycles. The van der Waals surface area contributed by atoms with Crippen LogP contribution < -0.4 is 10.1 Å². The first-order chi connectivity index (χ1) is 8.70. The van der Waals surface area contributed by atoms with Crippen molar-refractivity contribution in [3.8, 4) is 5.75 Å². The molecule has 94 valence electrons. The number of carbonyl (C=O) groups excluding carboxylic acids is 1. The van der Waals surface area contributed by atoms with Crippen LogP contribution in [0.3, 0.4) is 0 Å². The van der Waals surface area contributed by atoms with E-state index >= 15 is 0 Å². The number of methoxy groups -OCH3 is 1. The Kier molecular flexibility index (Phi) is 3.99. The highest BCUT2D eigenvalue weighted by Gasteiger charge is 2.12. The maximum absolute atomic E-state index is 12.1. The van der Waals surface area contributed by atoms with Gasteiger partial charge in [0.15, 0.2) is 0 Å². The number of hydrogen-bond donors (Lipinski definition) is 1. The Hall–Kier alpha value is -1.81. The zero-order valence-corrected chi connectivity index (χ0v) is 11.2. The Morgan fingerprint density at radius 2 is 2.17 bits per heavy atom. The Balaban J connectivity index is 2.07. The van der Waals surface area contributed by atoms with Gasteiger partial charge in [0.05, 0.1) is 13.2 Å². The summed E-state index contributed by atoms with van der Waals surface area (Å²) in [5, 5.41) is 4.97. The fraction of sp³-hybridized carbons (Fsp3) is 0.214. The van der Waals surface area contributed by atoms with E-state index in [4.69, 9.17) is 4.74 Å². The highest BCUT2D eigenvalue weighted by Crippen LogP contribution is 2.19. The Labute approximate surface area is 110 Å². The minimum absolute atomic E-state index is 0.0173. The second kappa shape index (κ2) is 5.69. The SMILES string of the molecule is COc1cccc(C(=O)NC(C)c2cccs2)c1. The van der Waals surface area contributed by atoms with E-state index in [2.05, 4.69) is 5.32 Å². The Bertz CT molecular complexity index is 522. The fourth-order valence-electron chi connectivity index (χ4n) is 1.65. The van der Waals surface area contributed by atoms with Gasteiger partial charge in [-0.15, -0.1) is 11.3 Å². The molecule has 0 bridgehead atoms. The summed E-state index contributed by atoms with van der Waals surface area (Å²) in [5.74, 6) is 0.598. The van der Waals surface area contributed by atoms with Gasteiger partial charge in [-0.05, 0) is 36.6 Å². The molecule has 0 fully saturated rings. The quantitative estimate of drug-likeness (QED) is 0.917. The van der Waals surface area contributed by atoms with Gasteiger partial charge in [-0.1, -0.05) is 12.1 Å². The van der Waals surface area contributed by atoms with E-state index in [1.807, 2.05) is 36.6 Å². The van der Waals surface area contributed by atoms with E-state index in [1.54, 1.807) is 30.6 Å². The van der Waals surface area contributed by atoms with E-state index in [1.165, 1.54) is 0 Å². The molecule has 0 aliphatic carbocycles. The van der Waals surface area contributed by atoms with Crippen LogP contribution in [0, 0.1) is 0 Å². The molecule has 0 radical (unpaired) electrons. The minimum Gasteiger partial charge on any atom is -0.497 e. The third-order valence-electron chi connectivity index (χ3n) is 2.65. The van der Waals surface area contributed by atoms with Crippen molar-refractivity contribution in [2.75, 3.05) is 7.11 Å². The van der Waals surface area contributed by atoms with Crippen molar-refractivity contribution in [1.29, 1.82) is 0 Å². The third-order valence-corrected chi connectivity index (χ3v) is 3.70. The van der Waals surface area contributed by atoms with Crippen LogP contribution in [0.1, 0.15) is 28.2 Å². The summed E-state index contributed by atoms with van der Waals surface area (Å²) in [6.45, 7) is 1.98. The summed E-state index contributed by atoms with van der Waals surface area (Å²) < 4.78 is 5.10. The number of nitrogens with one attached hydrogen (secondary N) is 1.